The molecule has 2 aromatic rings. The smallest absolute Gasteiger partial charge is 0.416 e. The minimum absolute atomic E-state index is 0.0374. The number of nitrogens with one attached hydrogen (secondary N) is 1. The first-order chi connectivity index (χ1) is 9.66. The van der Waals surface area contributed by atoms with Crippen LogP contribution in [0.5, 0.6) is 0 Å². The van der Waals surface area contributed by atoms with Gasteiger partial charge in [0.05, 0.1) is 11.1 Å². The molecule has 1 aromatic carbocycles. The maximum Gasteiger partial charge on any atom is 0.416 e. The Morgan fingerprint density at radius 1 is 1.14 bits per heavy atom. The van der Waals surface area contributed by atoms with E-state index in [1.165, 1.54) is 0 Å². The van der Waals surface area contributed by atoms with Crippen molar-refractivity contribution in [2.24, 2.45) is 0 Å². The number of pyridine rings is 1. The lowest BCUT2D eigenvalue weighted by Crippen LogP contribution is -2.06. The molecule has 0 fully saturated rings. The second kappa shape index (κ2) is 5.28. The second-order valence-electron chi connectivity index (χ2n) is 4.18. The molecule has 0 amide bonds. The number of carboxylic acids is 1. The zero-order valence-electron chi connectivity index (χ0n) is 10.2. The van der Waals surface area contributed by atoms with Crippen LogP contribution in [-0.4, -0.2) is 16.1 Å². The average Bonchev–Trinajstić information content (AvgIpc) is 2.36. The molecule has 0 aliphatic heterocycles. The van der Waals surface area contributed by atoms with E-state index >= 15 is 0 Å². The zero-order valence-corrected chi connectivity index (χ0v) is 11.0. The van der Waals surface area contributed by atoms with Crippen LogP contribution in [0.3, 0.4) is 0 Å². The van der Waals surface area contributed by atoms with E-state index < -0.39 is 23.5 Å². The van der Waals surface area contributed by atoms with Crippen LogP contribution >= 0.6 is 12.2 Å². The van der Waals surface area contributed by atoms with Crippen molar-refractivity contribution >= 4 is 18.2 Å². The van der Waals surface area contributed by atoms with Crippen LogP contribution in [0.4, 0.5) is 17.6 Å². The summed E-state index contributed by atoms with van der Waals surface area (Å²) in [6.07, 6.45) is -4.61. The van der Waals surface area contributed by atoms with Gasteiger partial charge >= 0.3 is 12.1 Å². The van der Waals surface area contributed by atoms with Crippen LogP contribution in [0, 0.1) is 10.5 Å². The maximum absolute atomic E-state index is 13.4. The Balaban J connectivity index is 2.65. The fraction of sp³-hybridized carbons (Fsp3) is 0.0769. The van der Waals surface area contributed by atoms with Crippen molar-refractivity contribution in [2.75, 3.05) is 0 Å². The van der Waals surface area contributed by atoms with Gasteiger partial charge in [0.25, 0.3) is 0 Å². The molecule has 0 saturated carbocycles. The second-order valence-corrected chi connectivity index (χ2v) is 4.62. The first-order valence-electron chi connectivity index (χ1n) is 5.52. The number of alkyl halides is 3. The quantitative estimate of drug-likeness (QED) is 0.642. The number of aromatic carboxylic acids is 1. The average molecular weight is 317 g/mol. The van der Waals surface area contributed by atoms with Crippen LogP contribution in [0.2, 0.25) is 0 Å². The topological polar surface area (TPSA) is 53.1 Å². The third-order valence-electron chi connectivity index (χ3n) is 2.63. The largest absolute Gasteiger partial charge is 0.478 e. The molecule has 21 heavy (non-hydrogen) atoms. The van der Waals surface area contributed by atoms with Crippen LogP contribution in [-0.2, 0) is 6.18 Å². The summed E-state index contributed by atoms with van der Waals surface area (Å²) >= 11 is 4.71. The molecule has 0 saturated heterocycles. The number of aromatic nitrogens is 1. The first kappa shape index (κ1) is 15.2. The number of hydrogen-bond acceptors (Lipinski definition) is 2. The Morgan fingerprint density at radius 2 is 1.81 bits per heavy atom. The third kappa shape index (κ3) is 3.46. The molecule has 110 valence electrons. The molecule has 1 aromatic heterocycles. The molecular formula is C13H7F4NO2S. The Bertz CT molecular complexity index is 767. The van der Waals surface area contributed by atoms with Crippen LogP contribution in [0.1, 0.15) is 15.9 Å². The fourth-order valence-electron chi connectivity index (χ4n) is 1.73. The van der Waals surface area contributed by atoms with Crippen molar-refractivity contribution < 1.29 is 27.5 Å². The molecule has 8 heteroatoms. The van der Waals surface area contributed by atoms with Gasteiger partial charge in [-0.05, 0) is 30.3 Å². The maximum atomic E-state index is 13.4. The predicted molar refractivity (Wildman–Crippen MR) is 69.0 cm³/mol. The molecule has 0 aliphatic carbocycles. The first-order valence-corrected chi connectivity index (χ1v) is 5.93. The number of carboxylic acid groups (broad SMARTS) is 1. The number of aromatic amines is 1. The highest BCUT2D eigenvalue weighted by Crippen LogP contribution is 2.32. The van der Waals surface area contributed by atoms with E-state index in [1.54, 1.807) is 0 Å². The lowest BCUT2D eigenvalue weighted by molar-refractivity contribution is -0.137. The van der Waals surface area contributed by atoms with E-state index in [9.17, 15) is 22.4 Å². The molecule has 0 radical (unpaired) electrons. The van der Waals surface area contributed by atoms with Crippen molar-refractivity contribution in [2.45, 2.75) is 6.18 Å². The minimum atomic E-state index is -4.61. The van der Waals surface area contributed by atoms with E-state index in [4.69, 9.17) is 17.3 Å². The number of H-pyrrole nitrogens is 1. The lowest BCUT2D eigenvalue weighted by atomic mass is 10.1. The summed E-state index contributed by atoms with van der Waals surface area (Å²) in [4.78, 5) is 13.3. The van der Waals surface area contributed by atoms with E-state index in [1.807, 2.05) is 0 Å². The number of rotatable bonds is 2. The zero-order chi connectivity index (χ0) is 15.8. The highest BCUT2D eigenvalue weighted by atomic mass is 32.1. The summed E-state index contributed by atoms with van der Waals surface area (Å²) in [6, 6.07) is 4.24. The molecule has 2 rings (SSSR count). The van der Waals surface area contributed by atoms with E-state index in [0.717, 1.165) is 30.3 Å². The van der Waals surface area contributed by atoms with Crippen molar-refractivity contribution in [1.82, 2.24) is 4.98 Å². The Labute approximate surface area is 120 Å². The lowest BCUT2D eigenvalue weighted by Gasteiger charge is -2.10. The van der Waals surface area contributed by atoms with Gasteiger partial charge in [-0.1, -0.05) is 12.2 Å². The molecule has 0 bridgehead atoms. The fourth-order valence-corrected chi connectivity index (χ4v) is 1.97. The van der Waals surface area contributed by atoms with Gasteiger partial charge in [-0.2, -0.15) is 13.2 Å². The standard InChI is InChI=1S/C13H7F4NO2S/c14-9-2-6(1-7(3-9)12(19)20)10-4-8(13(15,16)17)5-11(21)18-10/h1-5H,(H,18,21)(H,19,20). The van der Waals surface area contributed by atoms with Crippen molar-refractivity contribution in [3.8, 4) is 11.3 Å². The normalized spacial score (nSPS) is 11.4. The van der Waals surface area contributed by atoms with Gasteiger partial charge in [-0.3, -0.25) is 0 Å². The third-order valence-corrected chi connectivity index (χ3v) is 2.85. The Morgan fingerprint density at radius 3 is 2.38 bits per heavy atom. The van der Waals surface area contributed by atoms with Crippen molar-refractivity contribution in [1.29, 1.82) is 0 Å². The van der Waals surface area contributed by atoms with Gasteiger partial charge in [-0.15, -0.1) is 0 Å². The molecule has 2 N–H and O–H groups in total. The molecule has 0 aliphatic rings. The molecule has 3 nitrogen and oxygen atoms in total. The summed E-state index contributed by atoms with van der Waals surface area (Å²) in [7, 11) is 0. The summed E-state index contributed by atoms with van der Waals surface area (Å²) in [6.45, 7) is 0. The van der Waals surface area contributed by atoms with Gasteiger partial charge in [0.1, 0.15) is 10.5 Å². The number of hydrogen-bond donors (Lipinski definition) is 2. The number of halogens is 4. The Kier molecular flexibility index (Phi) is 3.82. The van der Waals surface area contributed by atoms with Crippen LogP contribution in [0.25, 0.3) is 11.3 Å². The summed E-state index contributed by atoms with van der Waals surface area (Å²) in [5.41, 5.74) is -1.52. The van der Waals surface area contributed by atoms with Gasteiger partial charge < -0.3 is 10.1 Å². The monoisotopic (exact) mass is 317 g/mol. The summed E-state index contributed by atoms with van der Waals surface area (Å²) < 4.78 is 51.4. The molecule has 0 spiro atoms. The van der Waals surface area contributed by atoms with Gasteiger partial charge in [0.15, 0.2) is 0 Å². The predicted octanol–water partition coefficient (Wildman–Crippen LogP) is 4.27. The number of benzene rings is 1. The SMILES string of the molecule is O=C(O)c1cc(F)cc(-c2cc(C(F)(F)F)cc(=S)[nH]2)c1. The molecule has 0 unspecified atom stereocenters. The van der Waals surface area contributed by atoms with Crippen molar-refractivity contribution in [3.63, 3.8) is 0 Å². The number of carbonyl (C=O) groups is 1. The highest BCUT2D eigenvalue weighted by molar-refractivity contribution is 7.71. The van der Waals surface area contributed by atoms with Gasteiger partial charge in [0, 0.05) is 11.3 Å². The minimum Gasteiger partial charge on any atom is -0.478 e. The summed E-state index contributed by atoms with van der Waals surface area (Å²) in [5.74, 6) is -2.26. The van der Waals surface area contributed by atoms with E-state index in [0.29, 0.717) is 0 Å². The van der Waals surface area contributed by atoms with Gasteiger partial charge in [0.2, 0.25) is 0 Å². The van der Waals surface area contributed by atoms with E-state index in [-0.39, 0.29) is 21.5 Å². The van der Waals surface area contributed by atoms with Crippen LogP contribution in [0.15, 0.2) is 30.3 Å². The summed E-state index contributed by atoms with van der Waals surface area (Å²) in [5, 5.41) is 8.84. The molecule has 1 heterocycles. The van der Waals surface area contributed by atoms with Gasteiger partial charge in [-0.25, -0.2) is 9.18 Å². The molecule has 0 atom stereocenters. The highest BCUT2D eigenvalue weighted by Gasteiger charge is 2.31. The van der Waals surface area contributed by atoms with Crippen LogP contribution < -0.4 is 0 Å². The Hall–Kier alpha value is -2.22. The molecular weight excluding hydrogens is 310 g/mol. The van der Waals surface area contributed by atoms with E-state index in [2.05, 4.69) is 4.98 Å². The van der Waals surface area contributed by atoms with Crippen molar-refractivity contribution in [3.05, 3.63) is 51.9 Å².